The van der Waals surface area contributed by atoms with E-state index in [1.807, 2.05) is 41.3 Å². The van der Waals surface area contributed by atoms with Gasteiger partial charge in [0.1, 0.15) is 5.82 Å². The molecule has 3 aromatic rings. The van der Waals surface area contributed by atoms with E-state index in [1.54, 1.807) is 16.7 Å². The van der Waals surface area contributed by atoms with Gasteiger partial charge in [0, 0.05) is 17.5 Å². The van der Waals surface area contributed by atoms with E-state index in [-0.39, 0.29) is 23.4 Å². The van der Waals surface area contributed by atoms with E-state index in [4.69, 9.17) is 16.6 Å². The van der Waals surface area contributed by atoms with Gasteiger partial charge in [-0.2, -0.15) is 0 Å². The van der Waals surface area contributed by atoms with Crippen LogP contribution in [0.4, 0.5) is 0 Å². The molecule has 6 heteroatoms. The third kappa shape index (κ3) is 5.61. The number of rotatable bonds is 10. The predicted molar refractivity (Wildman–Crippen MR) is 143 cm³/mol. The number of carbonyl (C=O) groups excluding carboxylic acids is 1. The molecule has 186 valence electrons. The number of hydrogen-bond acceptors (Lipinski definition) is 3. The van der Waals surface area contributed by atoms with Crippen molar-refractivity contribution in [3.8, 4) is 5.69 Å². The highest BCUT2D eigenvalue weighted by Gasteiger charge is 2.33. The van der Waals surface area contributed by atoms with Crippen molar-refractivity contribution in [3.05, 3.63) is 69.7 Å². The molecule has 1 saturated carbocycles. The number of hydrogen-bond donors (Lipinski definition) is 0. The number of para-hydroxylation sites is 1. The van der Waals surface area contributed by atoms with Crippen LogP contribution in [0.25, 0.3) is 16.6 Å². The maximum atomic E-state index is 13.8. The highest BCUT2D eigenvalue weighted by molar-refractivity contribution is 6.30. The van der Waals surface area contributed by atoms with E-state index in [1.165, 1.54) is 0 Å². The fourth-order valence-corrected chi connectivity index (χ4v) is 5.50. The fourth-order valence-electron chi connectivity index (χ4n) is 5.32. The summed E-state index contributed by atoms with van der Waals surface area (Å²) in [4.78, 5) is 34.7. The second-order valence-corrected chi connectivity index (χ2v) is 10.0. The molecule has 5 nitrogen and oxygen atoms in total. The second kappa shape index (κ2) is 11.9. The van der Waals surface area contributed by atoms with Gasteiger partial charge in [-0.05, 0) is 56.0 Å². The van der Waals surface area contributed by atoms with Gasteiger partial charge >= 0.3 is 0 Å². The summed E-state index contributed by atoms with van der Waals surface area (Å²) in [6.07, 6.45) is 9.15. The minimum atomic E-state index is -0.291. The summed E-state index contributed by atoms with van der Waals surface area (Å²) < 4.78 is 1.67. The minimum Gasteiger partial charge on any atom is -0.332 e. The van der Waals surface area contributed by atoms with Crippen LogP contribution < -0.4 is 5.56 Å². The van der Waals surface area contributed by atoms with Crippen LogP contribution in [0, 0.1) is 5.92 Å². The highest BCUT2D eigenvalue weighted by atomic mass is 35.5. The summed E-state index contributed by atoms with van der Waals surface area (Å²) >= 11 is 6.33. The molecule has 0 N–H and O–H groups in total. The Morgan fingerprint density at radius 2 is 1.86 bits per heavy atom. The first-order valence-electron chi connectivity index (χ1n) is 13.1. The summed E-state index contributed by atoms with van der Waals surface area (Å²) in [5, 5.41) is 1.11. The van der Waals surface area contributed by atoms with Crippen molar-refractivity contribution >= 4 is 28.4 Å². The average molecular weight is 494 g/mol. The molecule has 0 spiro atoms. The highest BCUT2D eigenvalue weighted by Crippen LogP contribution is 2.33. The molecule has 1 fully saturated rings. The maximum Gasteiger partial charge on any atom is 0.266 e. The van der Waals surface area contributed by atoms with Crippen molar-refractivity contribution in [1.29, 1.82) is 0 Å². The molecule has 35 heavy (non-hydrogen) atoms. The molecule has 1 atom stereocenters. The Kier molecular flexibility index (Phi) is 8.61. The fraction of sp³-hybridized carbons (Fsp3) is 0.483. The molecule has 0 saturated heterocycles. The Labute approximate surface area is 213 Å². The van der Waals surface area contributed by atoms with Crippen LogP contribution in [0.1, 0.15) is 83.5 Å². The number of nitrogens with zero attached hydrogens (tertiary/aromatic N) is 3. The minimum absolute atomic E-state index is 0.0713. The third-order valence-corrected chi connectivity index (χ3v) is 7.40. The van der Waals surface area contributed by atoms with Gasteiger partial charge in [-0.3, -0.25) is 14.2 Å². The lowest BCUT2D eigenvalue weighted by molar-refractivity contribution is -0.138. The van der Waals surface area contributed by atoms with Gasteiger partial charge in [-0.15, -0.1) is 0 Å². The Hall–Kier alpha value is -2.66. The molecule has 1 unspecified atom stereocenters. The number of fused-ring (bicyclic) bond motifs is 1. The van der Waals surface area contributed by atoms with Crippen molar-refractivity contribution in [1.82, 2.24) is 14.5 Å². The Morgan fingerprint density at radius 3 is 2.57 bits per heavy atom. The number of unbranched alkanes of at least 4 members (excludes halogenated alkanes) is 3. The Balaban J connectivity index is 1.85. The van der Waals surface area contributed by atoms with Crippen LogP contribution in [-0.4, -0.2) is 26.9 Å². The number of benzene rings is 2. The SMILES string of the molecule is CCCCCCN(C(=O)C1CCCC1)C(CC)c1nc2ccccc2c(=O)n1-c1cccc(Cl)c1. The van der Waals surface area contributed by atoms with E-state index < -0.39 is 0 Å². The maximum absolute atomic E-state index is 13.8. The van der Waals surface area contributed by atoms with Gasteiger partial charge in [-0.1, -0.05) is 75.8 Å². The van der Waals surface area contributed by atoms with Crippen molar-refractivity contribution in [2.45, 2.75) is 77.7 Å². The molecule has 1 amide bonds. The Bertz CT molecular complexity index is 1220. The number of carbonyl (C=O) groups is 1. The molecule has 2 aromatic carbocycles. The molecule has 0 bridgehead atoms. The zero-order valence-electron chi connectivity index (χ0n) is 20.9. The molecule has 1 aliphatic rings. The first-order chi connectivity index (χ1) is 17.0. The van der Waals surface area contributed by atoms with Crippen LogP contribution in [-0.2, 0) is 4.79 Å². The topological polar surface area (TPSA) is 55.2 Å². The first kappa shape index (κ1) is 25.4. The van der Waals surface area contributed by atoms with Gasteiger partial charge in [0.05, 0.1) is 22.6 Å². The predicted octanol–water partition coefficient (Wildman–Crippen LogP) is 7.09. The zero-order valence-corrected chi connectivity index (χ0v) is 21.6. The molecule has 4 rings (SSSR count). The lowest BCUT2D eigenvalue weighted by Gasteiger charge is -2.34. The standard InChI is InChI=1S/C29H36ClN3O2/c1-3-5-6-11-19-32(28(34)21-13-7-8-14-21)26(4-2)27-31-25-18-10-9-17-24(25)29(35)33(27)23-16-12-15-22(30)20-23/h9-10,12,15-18,20-21,26H,3-8,11,13-14,19H2,1-2H3. The van der Waals surface area contributed by atoms with Crippen LogP contribution in [0.2, 0.25) is 5.02 Å². The second-order valence-electron chi connectivity index (χ2n) is 9.61. The molecule has 0 radical (unpaired) electrons. The van der Waals surface area contributed by atoms with E-state index in [0.29, 0.717) is 40.4 Å². The first-order valence-corrected chi connectivity index (χ1v) is 13.5. The normalized spacial score (nSPS) is 14.9. The van der Waals surface area contributed by atoms with Gasteiger partial charge in [0.2, 0.25) is 5.91 Å². The zero-order chi connectivity index (χ0) is 24.8. The third-order valence-electron chi connectivity index (χ3n) is 7.17. The van der Waals surface area contributed by atoms with Crippen LogP contribution in [0.3, 0.4) is 0 Å². The van der Waals surface area contributed by atoms with E-state index in [9.17, 15) is 9.59 Å². The lowest BCUT2D eigenvalue weighted by atomic mass is 10.0. The monoisotopic (exact) mass is 493 g/mol. The summed E-state index contributed by atoms with van der Waals surface area (Å²) in [6, 6.07) is 14.5. The van der Waals surface area contributed by atoms with Crippen molar-refractivity contribution in [3.63, 3.8) is 0 Å². The van der Waals surface area contributed by atoms with Gasteiger partial charge in [0.15, 0.2) is 0 Å². The van der Waals surface area contributed by atoms with Crippen LogP contribution in [0.5, 0.6) is 0 Å². The number of aromatic nitrogens is 2. The summed E-state index contributed by atoms with van der Waals surface area (Å²) in [5.74, 6) is 0.897. The molecule has 0 aliphatic heterocycles. The van der Waals surface area contributed by atoms with Crippen molar-refractivity contribution in [2.24, 2.45) is 5.92 Å². The van der Waals surface area contributed by atoms with Crippen LogP contribution in [0.15, 0.2) is 53.3 Å². The smallest absolute Gasteiger partial charge is 0.266 e. The molecular formula is C29H36ClN3O2. The number of halogens is 1. The van der Waals surface area contributed by atoms with E-state index in [2.05, 4.69) is 13.8 Å². The Morgan fingerprint density at radius 1 is 1.09 bits per heavy atom. The largest absolute Gasteiger partial charge is 0.332 e. The summed E-state index contributed by atoms with van der Waals surface area (Å²) in [6.45, 7) is 4.96. The van der Waals surface area contributed by atoms with Crippen LogP contribution >= 0.6 is 11.6 Å². The molecule has 1 heterocycles. The molecule has 1 aromatic heterocycles. The molecular weight excluding hydrogens is 458 g/mol. The summed E-state index contributed by atoms with van der Waals surface area (Å²) in [7, 11) is 0. The van der Waals surface area contributed by atoms with Gasteiger partial charge < -0.3 is 4.90 Å². The van der Waals surface area contributed by atoms with E-state index in [0.717, 1.165) is 51.4 Å². The quantitative estimate of drug-likeness (QED) is 0.283. The lowest BCUT2D eigenvalue weighted by Crippen LogP contribution is -2.41. The van der Waals surface area contributed by atoms with Gasteiger partial charge in [-0.25, -0.2) is 4.98 Å². The summed E-state index contributed by atoms with van der Waals surface area (Å²) in [5.41, 5.74) is 1.20. The number of amides is 1. The van der Waals surface area contributed by atoms with Gasteiger partial charge in [0.25, 0.3) is 5.56 Å². The molecule has 1 aliphatic carbocycles. The van der Waals surface area contributed by atoms with Crippen molar-refractivity contribution < 1.29 is 4.79 Å². The van der Waals surface area contributed by atoms with Crippen molar-refractivity contribution in [2.75, 3.05) is 6.54 Å². The van der Waals surface area contributed by atoms with E-state index >= 15 is 0 Å². The average Bonchev–Trinajstić information content (AvgIpc) is 3.41.